The zero-order valence-corrected chi connectivity index (χ0v) is 14.4. The molecule has 0 atom stereocenters. The van der Waals surface area contributed by atoms with Gasteiger partial charge in [0.15, 0.2) is 0 Å². The van der Waals surface area contributed by atoms with Crippen LogP contribution in [0.4, 0.5) is 18.9 Å². The third-order valence-electron chi connectivity index (χ3n) is 3.57. The van der Waals surface area contributed by atoms with E-state index in [0.29, 0.717) is 5.69 Å². The number of benzene rings is 2. The molecule has 0 aliphatic carbocycles. The van der Waals surface area contributed by atoms with Crippen LogP contribution in [0, 0.1) is 20.8 Å². The molecule has 2 nitrogen and oxygen atoms in total. The molecule has 0 aliphatic heterocycles. The second-order valence-corrected chi connectivity index (χ2v) is 6.15. The third-order valence-corrected chi connectivity index (χ3v) is 4.79. The van der Waals surface area contributed by atoms with Crippen molar-refractivity contribution in [1.29, 1.82) is 0 Å². The van der Waals surface area contributed by atoms with Gasteiger partial charge in [-0.05, 0) is 55.7 Å². The van der Waals surface area contributed by atoms with Crippen LogP contribution in [0.5, 0.6) is 0 Å². The Kier molecular flexibility index (Phi) is 4.84. The van der Waals surface area contributed by atoms with E-state index in [1.54, 1.807) is 0 Å². The Morgan fingerprint density at radius 3 is 2.35 bits per heavy atom. The van der Waals surface area contributed by atoms with Crippen molar-refractivity contribution in [2.75, 3.05) is 5.32 Å². The van der Waals surface area contributed by atoms with Crippen molar-refractivity contribution < 1.29 is 18.0 Å². The largest absolute Gasteiger partial charge is 0.416 e. The summed E-state index contributed by atoms with van der Waals surface area (Å²) in [6, 6.07) is 6.28. The monoisotopic (exact) mass is 385 g/mol. The minimum Gasteiger partial charge on any atom is -0.321 e. The Bertz CT molecular complexity index is 769. The fourth-order valence-electron chi connectivity index (χ4n) is 2.38. The van der Waals surface area contributed by atoms with Gasteiger partial charge in [0.05, 0.1) is 5.56 Å². The number of amides is 1. The maximum absolute atomic E-state index is 12.7. The highest BCUT2D eigenvalue weighted by atomic mass is 79.9. The van der Waals surface area contributed by atoms with E-state index < -0.39 is 17.6 Å². The molecule has 1 N–H and O–H groups in total. The first-order chi connectivity index (χ1) is 10.6. The molecule has 0 heterocycles. The van der Waals surface area contributed by atoms with Gasteiger partial charge in [-0.1, -0.05) is 28.1 Å². The summed E-state index contributed by atoms with van der Waals surface area (Å²) >= 11 is 3.45. The van der Waals surface area contributed by atoms with Crippen molar-refractivity contribution in [2.24, 2.45) is 0 Å². The Morgan fingerprint density at radius 1 is 1.09 bits per heavy atom. The number of halogens is 4. The van der Waals surface area contributed by atoms with E-state index in [9.17, 15) is 18.0 Å². The van der Waals surface area contributed by atoms with Gasteiger partial charge < -0.3 is 5.32 Å². The molecule has 0 aromatic heterocycles. The Morgan fingerprint density at radius 2 is 1.74 bits per heavy atom. The normalized spacial score (nSPS) is 11.4. The first kappa shape index (κ1) is 17.5. The second kappa shape index (κ2) is 6.35. The van der Waals surface area contributed by atoms with Gasteiger partial charge >= 0.3 is 6.18 Å². The molecule has 23 heavy (non-hydrogen) atoms. The highest BCUT2D eigenvalue weighted by Gasteiger charge is 2.31. The Hall–Kier alpha value is -1.82. The molecule has 0 aliphatic rings. The summed E-state index contributed by atoms with van der Waals surface area (Å²) in [4.78, 5) is 12.3. The molecule has 1 amide bonds. The summed E-state index contributed by atoms with van der Waals surface area (Å²) in [5.74, 6) is -0.571. The first-order valence-electron chi connectivity index (χ1n) is 6.86. The molecule has 0 saturated heterocycles. The van der Waals surface area contributed by atoms with E-state index in [1.807, 2.05) is 26.8 Å². The predicted octanol–water partition coefficient (Wildman–Crippen LogP) is 5.65. The smallest absolute Gasteiger partial charge is 0.321 e. The zero-order chi connectivity index (χ0) is 17.4. The molecule has 0 fully saturated rings. The third kappa shape index (κ3) is 3.75. The fourth-order valence-corrected chi connectivity index (χ4v) is 2.69. The number of carbonyl (C=O) groups excluding carboxylic acids is 1. The molecular weight excluding hydrogens is 371 g/mol. The minimum atomic E-state index is -4.48. The number of carbonyl (C=O) groups is 1. The van der Waals surface area contributed by atoms with Gasteiger partial charge in [0.2, 0.25) is 0 Å². The number of alkyl halides is 3. The predicted molar refractivity (Wildman–Crippen MR) is 87.8 cm³/mol. The van der Waals surface area contributed by atoms with Crippen LogP contribution in [-0.2, 0) is 6.18 Å². The number of hydrogen-bond acceptors (Lipinski definition) is 1. The second-order valence-electron chi connectivity index (χ2n) is 5.36. The summed E-state index contributed by atoms with van der Waals surface area (Å²) in [5.41, 5.74) is 2.44. The molecule has 0 spiro atoms. The van der Waals surface area contributed by atoms with Crippen LogP contribution >= 0.6 is 15.9 Å². The van der Waals surface area contributed by atoms with E-state index in [4.69, 9.17) is 0 Å². The van der Waals surface area contributed by atoms with Gasteiger partial charge in [-0.15, -0.1) is 0 Å². The lowest BCUT2D eigenvalue weighted by molar-refractivity contribution is -0.137. The lowest BCUT2D eigenvalue weighted by atomic mass is 10.0. The fraction of sp³-hybridized carbons (Fsp3) is 0.235. The Labute approximate surface area is 140 Å². The van der Waals surface area contributed by atoms with Gasteiger partial charge in [0, 0.05) is 15.7 Å². The van der Waals surface area contributed by atoms with Crippen LogP contribution < -0.4 is 5.32 Å². The van der Waals surface area contributed by atoms with Crippen LogP contribution in [-0.4, -0.2) is 5.91 Å². The van der Waals surface area contributed by atoms with Gasteiger partial charge in [0.1, 0.15) is 0 Å². The van der Waals surface area contributed by atoms with Gasteiger partial charge in [0.25, 0.3) is 5.91 Å². The highest BCUT2D eigenvalue weighted by Crippen LogP contribution is 2.32. The summed E-state index contributed by atoms with van der Waals surface area (Å²) < 4.78 is 39.1. The summed E-state index contributed by atoms with van der Waals surface area (Å²) in [6.07, 6.45) is -4.48. The van der Waals surface area contributed by atoms with Crippen molar-refractivity contribution in [3.63, 3.8) is 0 Å². The molecule has 2 rings (SSSR count). The van der Waals surface area contributed by atoms with Crippen molar-refractivity contribution in [2.45, 2.75) is 26.9 Å². The van der Waals surface area contributed by atoms with Crippen LogP contribution in [0.1, 0.15) is 32.6 Å². The van der Waals surface area contributed by atoms with Crippen LogP contribution in [0.15, 0.2) is 34.8 Å². The van der Waals surface area contributed by atoms with Gasteiger partial charge in [-0.25, -0.2) is 0 Å². The summed E-state index contributed by atoms with van der Waals surface area (Å²) in [6.45, 7) is 5.61. The molecule has 0 radical (unpaired) electrons. The van der Waals surface area contributed by atoms with E-state index >= 15 is 0 Å². The molecule has 2 aromatic rings. The van der Waals surface area contributed by atoms with Crippen molar-refractivity contribution in [1.82, 2.24) is 0 Å². The maximum atomic E-state index is 12.7. The van der Waals surface area contributed by atoms with Gasteiger partial charge in [-0.3, -0.25) is 4.79 Å². The van der Waals surface area contributed by atoms with E-state index in [1.165, 1.54) is 12.1 Å². The number of anilines is 1. The SMILES string of the molecule is Cc1cc(C)c(NC(=O)c2cccc(C(F)(F)F)c2)c(C)c1Br. The lowest BCUT2D eigenvalue weighted by Gasteiger charge is -2.15. The molecule has 2 aromatic carbocycles. The molecule has 122 valence electrons. The molecule has 0 saturated carbocycles. The minimum absolute atomic E-state index is 0.0321. The quantitative estimate of drug-likeness (QED) is 0.711. The molecule has 0 unspecified atom stereocenters. The van der Waals surface area contributed by atoms with Gasteiger partial charge in [-0.2, -0.15) is 13.2 Å². The number of nitrogens with one attached hydrogen (secondary N) is 1. The number of rotatable bonds is 2. The van der Waals surface area contributed by atoms with Crippen molar-refractivity contribution >= 4 is 27.5 Å². The Balaban J connectivity index is 2.36. The highest BCUT2D eigenvalue weighted by molar-refractivity contribution is 9.10. The van der Waals surface area contributed by atoms with Crippen LogP contribution in [0.2, 0.25) is 0 Å². The molecule has 6 heteroatoms. The van der Waals surface area contributed by atoms with Crippen LogP contribution in [0.3, 0.4) is 0 Å². The number of aryl methyl sites for hydroxylation is 2. The summed E-state index contributed by atoms with van der Waals surface area (Å²) in [7, 11) is 0. The molecule has 0 bridgehead atoms. The first-order valence-corrected chi connectivity index (χ1v) is 7.65. The maximum Gasteiger partial charge on any atom is 0.416 e. The lowest BCUT2D eigenvalue weighted by Crippen LogP contribution is -2.15. The zero-order valence-electron chi connectivity index (χ0n) is 12.8. The van der Waals surface area contributed by atoms with E-state index in [0.717, 1.165) is 33.3 Å². The summed E-state index contributed by atoms with van der Waals surface area (Å²) in [5, 5.41) is 2.71. The molecular formula is C17H15BrF3NO. The average molecular weight is 386 g/mol. The van der Waals surface area contributed by atoms with Crippen molar-refractivity contribution in [3.8, 4) is 0 Å². The van der Waals surface area contributed by atoms with E-state index in [-0.39, 0.29) is 5.56 Å². The standard InChI is InChI=1S/C17H15BrF3NO/c1-9-7-10(2)15(11(3)14(9)18)22-16(23)12-5-4-6-13(8-12)17(19,20)21/h4-8H,1-3H3,(H,22,23). The topological polar surface area (TPSA) is 29.1 Å². The average Bonchev–Trinajstić information content (AvgIpc) is 2.48. The van der Waals surface area contributed by atoms with Crippen LogP contribution in [0.25, 0.3) is 0 Å². The number of hydrogen-bond donors (Lipinski definition) is 1. The van der Waals surface area contributed by atoms with E-state index in [2.05, 4.69) is 21.2 Å². The van der Waals surface area contributed by atoms with Crippen molar-refractivity contribution in [3.05, 3.63) is 62.6 Å².